The van der Waals surface area contributed by atoms with Crippen LogP contribution in [0.3, 0.4) is 0 Å². The van der Waals surface area contributed by atoms with Crippen molar-refractivity contribution in [3.63, 3.8) is 0 Å². The van der Waals surface area contributed by atoms with Crippen molar-refractivity contribution in [2.75, 3.05) is 59.0 Å². The first kappa shape index (κ1) is 45.4. The van der Waals surface area contributed by atoms with E-state index in [4.69, 9.17) is 4.84 Å². The zero-order valence-corrected chi connectivity index (χ0v) is 34.1. The normalized spacial score (nSPS) is 18.6. The van der Waals surface area contributed by atoms with E-state index in [1.165, 1.54) is 58.5 Å². The fourth-order valence-corrected chi connectivity index (χ4v) is 7.63. The Morgan fingerprint density at radius 1 is 0.435 bits per heavy atom. The second kappa shape index (κ2) is 22.1. The summed E-state index contributed by atoms with van der Waals surface area (Å²) < 4.78 is 53.5. The van der Waals surface area contributed by atoms with Gasteiger partial charge in [-0.3, -0.25) is 28.8 Å². The Labute approximate surface area is 357 Å². The highest BCUT2D eigenvalue weighted by molar-refractivity contribution is 5.91. The van der Waals surface area contributed by atoms with Gasteiger partial charge in [-0.15, -0.1) is 0 Å². The van der Waals surface area contributed by atoms with Crippen LogP contribution in [0.2, 0.25) is 0 Å². The lowest BCUT2D eigenvalue weighted by molar-refractivity contribution is -0.170. The fourth-order valence-electron chi connectivity index (χ4n) is 7.63. The molecule has 0 spiro atoms. The number of hydroxylamine groups is 2. The summed E-state index contributed by atoms with van der Waals surface area (Å²) in [6, 6.07) is 23.6. The van der Waals surface area contributed by atoms with E-state index in [1.807, 2.05) is 0 Å². The Morgan fingerprint density at radius 2 is 0.694 bits per heavy atom. The van der Waals surface area contributed by atoms with E-state index in [9.17, 15) is 41.5 Å². The van der Waals surface area contributed by atoms with Gasteiger partial charge in [0.1, 0.15) is 29.9 Å². The van der Waals surface area contributed by atoms with Crippen molar-refractivity contribution >= 4 is 29.5 Å². The second-order valence-corrected chi connectivity index (χ2v) is 15.5. The minimum atomic E-state index is -0.893. The Bertz CT molecular complexity index is 2000. The molecule has 2 saturated heterocycles. The van der Waals surface area contributed by atoms with Crippen molar-refractivity contribution in [3.8, 4) is 0 Å². The lowest BCUT2D eigenvalue weighted by Gasteiger charge is -2.20. The minimum absolute atomic E-state index is 0.0100. The average Bonchev–Trinajstić information content (AvgIpc) is 3.92. The Hall–Kier alpha value is -6.13. The number of hydrogen-bond acceptors (Lipinski definition) is 7. The SMILES string of the molecule is O=C(NCCc1ccc(F)cc1)[C@@H]1CN(OCC(=O)N2C[C@@H](C(=O)NCCc3ccc(F)cc3)[C@H](C(=O)NCCc3ccc(F)cc3)C2)C[C@H]1C(=O)NCCc1ccc(F)cc1. The van der Waals surface area contributed by atoms with Crippen molar-refractivity contribution in [2.24, 2.45) is 23.7 Å². The largest absolute Gasteiger partial charge is 0.355 e. The van der Waals surface area contributed by atoms with Crippen molar-refractivity contribution < 1.29 is 46.4 Å². The molecule has 6 rings (SSSR count). The maximum absolute atomic E-state index is 13.7. The van der Waals surface area contributed by atoms with Gasteiger partial charge in [-0.1, -0.05) is 48.5 Å². The number of hydrogen-bond donors (Lipinski definition) is 4. The lowest BCUT2D eigenvalue weighted by atomic mass is 9.94. The topological polar surface area (TPSA) is 149 Å². The third-order valence-corrected chi connectivity index (χ3v) is 11.2. The van der Waals surface area contributed by atoms with E-state index < -0.39 is 59.8 Å². The number of nitrogens with one attached hydrogen (secondary N) is 4. The molecule has 4 N–H and O–H groups in total. The molecule has 0 aromatic heterocycles. The Morgan fingerprint density at radius 3 is 0.968 bits per heavy atom. The summed E-state index contributed by atoms with van der Waals surface area (Å²) in [6.07, 6.45) is 1.69. The van der Waals surface area contributed by atoms with Crippen LogP contribution >= 0.6 is 0 Å². The molecule has 0 bridgehead atoms. The van der Waals surface area contributed by atoms with E-state index in [0.717, 1.165) is 22.3 Å². The summed E-state index contributed by atoms with van der Waals surface area (Å²) in [7, 11) is 0. The molecule has 4 atom stereocenters. The van der Waals surface area contributed by atoms with Gasteiger partial charge in [0.05, 0.1) is 23.7 Å². The third-order valence-electron chi connectivity index (χ3n) is 11.2. The maximum Gasteiger partial charge on any atom is 0.250 e. The van der Waals surface area contributed by atoms with Gasteiger partial charge in [-0.05, 0) is 96.5 Å². The van der Waals surface area contributed by atoms with E-state index in [2.05, 4.69) is 21.3 Å². The zero-order chi connectivity index (χ0) is 44.0. The molecule has 2 aliphatic heterocycles. The average molecular weight is 859 g/mol. The summed E-state index contributed by atoms with van der Waals surface area (Å²) >= 11 is 0. The van der Waals surface area contributed by atoms with Crippen LogP contribution in [-0.4, -0.2) is 98.5 Å². The molecule has 2 heterocycles. The monoisotopic (exact) mass is 858 g/mol. The van der Waals surface area contributed by atoms with Gasteiger partial charge in [-0.2, -0.15) is 5.06 Å². The van der Waals surface area contributed by atoms with E-state index in [0.29, 0.717) is 25.7 Å². The highest BCUT2D eigenvalue weighted by atomic mass is 19.1. The molecule has 2 fully saturated rings. The standard InChI is InChI=1S/C46H50F4N6O6/c47-34-9-1-30(2-10-34)17-21-51-43(58)38-25-55(26-39(38)44(59)52-22-18-31-3-11-35(48)12-4-31)42(57)29-62-56-27-40(45(60)53-23-19-32-5-13-36(49)14-6-32)41(28-56)46(61)54-24-20-33-7-15-37(50)16-8-33/h1-16,38-41H,17-29H2,(H,51,58)(H,52,59)(H,53,60)(H,54,61)/t38-,39-,40-,41-/m1/s1. The smallest absolute Gasteiger partial charge is 0.250 e. The quantitative estimate of drug-likeness (QED) is 0.106. The van der Waals surface area contributed by atoms with Crippen LogP contribution in [0.25, 0.3) is 0 Å². The summed E-state index contributed by atoms with van der Waals surface area (Å²) in [5, 5.41) is 12.8. The number of likely N-dealkylation sites (tertiary alicyclic amines) is 1. The molecule has 12 nitrogen and oxygen atoms in total. The van der Waals surface area contributed by atoms with Gasteiger partial charge in [-0.25, -0.2) is 17.6 Å². The van der Waals surface area contributed by atoms with Crippen molar-refractivity contribution in [1.29, 1.82) is 0 Å². The van der Waals surface area contributed by atoms with Gasteiger partial charge in [0.2, 0.25) is 23.6 Å². The van der Waals surface area contributed by atoms with Gasteiger partial charge in [0, 0.05) is 52.4 Å². The molecule has 0 radical (unpaired) electrons. The van der Waals surface area contributed by atoms with Crippen molar-refractivity contribution in [2.45, 2.75) is 25.7 Å². The predicted octanol–water partition coefficient (Wildman–Crippen LogP) is 3.53. The van der Waals surface area contributed by atoms with E-state index in [-0.39, 0.29) is 75.6 Å². The van der Waals surface area contributed by atoms with Crippen LogP contribution in [0.4, 0.5) is 17.6 Å². The number of amides is 5. The molecular formula is C46H50F4N6O6. The second-order valence-electron chi connectivity index (χ2n) is 15.5. The molecule has 62 heavy (non-hydrogen) atoms. The highest BCUT2D eigenvalue weighted by Gasteiger charge is 2.45. The number of benzene rings is 4. The molecule has 4 aromatic rings. The molecule has 2 aliphatic rings. The molecule has 0 saturated carbocycles. The minimum Gasteiger partial charge on any atom is -0.355 e. The van der Waals surface area contributed by atoms with E-state index in [1.54, 1.807) is 48.5 Å². The molecule has 4 aromatic carbocycles. The van der Waals surface area contributed by atoms with Crippen LogP contribution in [-0.2, 0) is 54.5 Å². The number of rotatable bonds is 19. The Kier molecular flexibility index (Phi) is 16.2. The third kappa shape index (κ3) is 13.2. The molecule has 16 heteroatoms. The molecular weight excluding hydrogens is 809 g/mol. The first-order valence-corrected chi connectivity index (χ1v) is 20.7. The first-order chi connectivity index (χ1) is 29.9. The molecule has 0 unspecified atom stereocenters. The fraction of sp³-hybridized carbons (Fsp3) is 0.370. The molecule has 328 valence electrons. The van der Waals surface area contributed by atoms with Crippen LogP contribution < -0.4 is 21.3 Å². The number of carbonyl (C=O) groups excluding carboxylic acids is 5. The summed E-state index contributed by atoms with van der Waals surface area (Å²) in [4.78, 5) is 75.0. The number of halogens is 4. The zero-order valence-electron chi connectivity index (χ0n) is 34.1. The van der Waals surface area contributed by atoms with Gasteiger partial charge in [0.15, 0.2) is 0 Å². The van der Waals surface area contributed by atoms with Crippen molar-refractivity contribution in [1.82, 2.24) is 31.2 Å². The molecule has 5 amide bonds. The van der Waals surface area contributed by atoms with Gasteiger partial charge >= 0.3 is 0 Å². The van der Waals surface area contributed by atoms with E-state index >= 15 is 0 Å². The number of carbonyl (C=O) groups is 5. The summed E-state index contributed by atoms with van der Waals surface area (Å²) in [5.41, 5.74) is 3.23. The van der Waals surface area contributed by atoms with Gasteiger partial charge < -0.3 is 26.2 Å². The van der Waals surface area contributed by atoms with Crippen LogP contribution in [0.15, 0.2) is 97.1 Å². The van der Waals surface area contributed by atoms with Gasteiger partial charge in [0.25, 0.3) is 5.91 Å². The lowest BCUT2D eigenvalue weighted by Crippen LogP contribution is -2.42. The van der Waals surface area contributed by atoms with Crippen LogP contribution in [0.1, 0.15) is 22.3 Å². The first-order valence-electron chi connectivity index (χ1n) is 20.7. The predicted molar refractivity (Wildman–Crippen MR) is 221 cm³/mol. The summed E-state index contributed by atoms with van der Waals surface area (Å²) in [6.45, 7) is 0.245. The number of nitrogens with zero attached hydrogens (tertiary/aromatic N) is 2. The highest BCUT2D eigenvalue weighted by Crippen LogP contribution is 2.27. The van der Waals surface area contributed by atoms with Crippen LogP contribution in [0, 0.1) is 46.9 Å². The Balaban J connectivity index is 1.06. The van der Waals surface area contributed by atoms with Crippen LogP contribution in [0.5, 0.6) is 0 Å². The van der Waals surface area contributed by atoms with Crippen molar-refractivity contribution in [3.05, 3.63) is 143 Å². The molecule has 0 aliphatic carbocycles. The summed E-state index contributed by atoms with van der Waals surface area (Å²) in [5.74, 6) is -7.15. The maximum atomic E-state index is 13.7.